The van der Waals surface area contributed by atoms with Crippen molar-refractivity contribution in [1.82, 2.24) is 9.97 Å². The highest BCUT2D eigenvalue weighted by molar-refractivity contribution is 5.90. The molecule has 0 aromatic carbocycles. The van der Waals surface area contributed by atoms with Crippen LogP contribution in [-0.4, -0.2) is 46.8 Å². The zero-order chi connectivity index (χ0) is 15.1. The predicted molar refractivity (Wildman–Crippen MR) is 76.9 cm³/mol. The average molecular weight is 281 g/mol. The second-order valence-electron chi connectivity index (χ2n) is 4.75. The van der Waals surface area contributed by atoms with Crippen LogP contribution in [0.15, 0.2) is 6.20 Å². The molecule has 0 atom stereocenters. The minimum Gasteiger partial charge on any atom is -0.462 e. The third-order valence-corrected chi connectivity index (χ3v) is 2.90. The molecule has 0 amide bonds. The van der Waals surface area contributed by atoms with Crippen molar-refractivity contribution in [3.05, 3.63) is 17.5 Å². The molecule has 20 heavy (non-hydrogen) atoms. The highest BCUT2D eigenvalue weighted by Gasteiger charge is 2.17. The van der Waals surface area contributed by atoms with Gasteiger partial charge in [-0.1, -0.05) is 0 Å². The van der Waals surface area contributed by atoms with Crippen molar-refractivity contribution in [3.63, 3.8) is 0 Å². The van der Waals surface area contributed by atoms with Crippen LogP contribution in [0.2, 0.25) is 0 Å². The lowest BCUT2D eigenvalue weighted by Gasteiger charge is -2.26. The number of aliphatic hydroxyl groups is 1. The lowest BCUT2D eigenvalue weighted by molar-refractivity contribution is 0.0524. The van der Waals surface area contributed by atoms with E-state index in [-0.39, 0.29) is 12.6 Å². The minimum atomic E-state index is -0.400. The van der Waals surface area contributed by atoms with Gasteiger partial charge in [0.25, 0.3) is 0 Å². The summed E-state index contributed by atoms with van der Waals surface area (Å²) in [5, 5.41) is 8.95. The van der Waals surface area contributed by atoms with E-state index in [4.69, 9.17) is 9.84 Å². The van der Waals surface area contributed by atoms with Crippen molar-refractivity contribution in [2.45, 2.75) is 40.2 Å². The van der Waals surface area contributed by atoms with E-state index in [1.54, 1.807) is 13.8 Å². The van der Waals surface area contributed by atoms with Gasteiger partial charge < -0.3 is 14.7 Å². The molecule has 0 saturated heterocycles. The number of ether oxygens (including phenoxy) is 1. The monoisotopic (exact) mass is 281 g/mol. The van der Waals surface area contributed by atoms with Gasteiger partial charge in [-0.3, -0.25) is 0 Å². The van der Waals surface area contributed by atoms with Gasteiger partial charge in [-0.15, -0.1) is 0 Å². The summed E-state index contributed by atoms with van der Waals surface area (Å²) in [4.78, 5) is 22.3. The van der Waals surface area contributed by atoms with Gasteiger partial charge in [-0.05, 0) is 34.1 Å². The number of nitrogens with zero attached hydrogens (tertiary/aromatic N) is 3. The van der Waals surface area contributed by atoms with Gasteiger partial charge in [0.2, 0.25) is 5.95 Å². The summed E-state index contributed by atoms with van der Waals surface area (Å²) in [6, 6.07) is 0.217. The van der Waals surface area contributed by atoms with Crippen LogP contribution in [0, 0.1) is 6.92 Å². The summed E-state index contributed by atoms with van der Waals surface area (Å²) in [6.07, 6.45) is 2.16. The van der Waals surface area contributed by atoms with E-state index >= 15 is 0 Å². The summed E-state index contributed by atoms with van der Waals surface area (Å²) in [7, 11) is 0. The van der Waals surface area contributed by atoms with Crippen molar-refractivity contribution in [2.24, 2.45) is 0 Å². The van der Waals surface area contributed by atoms with E-state index in [2.05, 4.69) is 9.97 Å². The Kier molecular flexibility index (Phi) is 6.38. The minimum absolute atomic E-state index is 0.128. The van der Waals surface area contributed by atoms with Crippen molar-refractivity contribution < 1.29 is 14.6 Å². The Morgan fingerprint density at radius 1 is 1.50 bits per heavy atom. The SMILES string of the molecule is CCOC(=O)c1cnc(N(CCCO)C(C)C)nc1C. The zero-order valence-corrected chi connectivity index (χ0v) is 12.6. The van der Waals surface area contributed by atoms with Crippen molar-refractivity contribution in [1.29, 1.82) is 0 Å². The summed E-state index contributed by atoms with van der Waals surface area (Å²) >= 11 is 0. The number of aromatic nitrogens is 2. The Balaban J connectivity index is 2.96. The van der Waals surface area contributed by atoms with Crippen molar-refractivity contribution >= 4 is 11.9 Å². The number of esters is 1. The highest BCUT2D eigenvalue weighted by Crippen LogP contribution is 2.15. The first kappa shape index (κ1) is 16.4. The maximum atomic E-state index is 11.7. The van der Waals surface area contributed by atoms with Crippen LogP contribution >= 0.6 is 0 Å². The van der Waals surface area contributed by atoms with E-state index in [0.717, 1.165) is 0 Å². The van der Waals surface area contributed by atoms with Gasteiger partial charge in [-0.2, -0.15) is 0 Å². The molecule has 0 bridgehead atoms. The Bertz CT molecular complexity index is 449. The summed E-state index contributed by atoms with van der Waals surface area (Å²) in [5.74, 6) is 0.169. The molecule has 1 N–H and O–H groups in total. The summed E-state index contributed by atoms with van der Waals surface area (Å²) in [5.41, 5.74) is 0.990. The molecule has 1 heterocycles. The quantitative estimate of drug-likeness (QED) is 0.764. The molecule has 0 aliphatic rings. The number of carbonyl (C=O) groups is 1. The lowest BCUT2D eigenvalue weighted by Crippen LogP contribution is -2.34. The van der Waals surface area contributed by atoms with Gasteiger partial charge >= 0.3 is 5.97 Å². The number of aliphatic hydroxyl groups excluding tert-OH is 1. The van der Waals surface area contributed by atoms with E-state index < -0.39 is 5.97 Å². The van der Waals surface area contributed by atoms with Gasteiger partial charge in [0.05, 0.1) is 17.9 Å². The first-order valence-electron chi connectivity index (χ1n) is 6.89. The van der Waals surface area contributed by atoms with E-state index in [1.165, 1.54) is 6.20 Å². The van der Waals surface area contributed by atoms with Crippen LogP contribution in [0.4, 0.5) is 5.95 Å². The van der Waals surface area contributed by atoms with E-state index in [9.17, 15) is 4.79 Å². The molecule has 0 fully saturated rings. The second kappa shape index (κ2) is 7.79. The lowest BCUT2D eigenvalue weighted by atomic mass is 10.2. The molecule has 0 radical (unpaired) electrons. The maximum absolute atomic E-state index is 11.7. The van der Waals surface area contributed by atoms with Crippen LogP contribution in [-0.2, 0) is 4.74 Å². The summed E-state index contributed by atoms with van der Waals surface area (Å²) < 4.78 is 4.96. The third kappa shape index (κ3) is 4.16. The first-order valence-corrected chi connectivity index (χ1v) is 6.89. The molecule has 112 valence electrons. The van der Waals surface area contributed by atoms with E-state index in [1.807, 2.05) is 18.7 Å². The van der Waals surface area contributed by atoms with Gasteiger partial charge in [-0.25, -0.2) is 14.8 Å². The van der Waals surface area contributed by atoms with Crippen LogP contribution < -0.4 is 4.90 Å². The van der Waals surface area contributed by atoms with Gasteiger partial charge in [0, 0.05) is 25.4 Å². The number of carbonyl (C=O) groups excluding carboxylic acids is 1. The molecule has 1 aromatic heterocycles. The normalized spacial score (nSPS) is 10.7. The topological polar surface area (TPSA) is 75.5 Å². The van der Waals surface area contributed by atoms with Crippen molar-refractivity contribution in [2.75, 3.05) is 24.7 Å². The largest absolute Gasteiger partial charge is 0.462 e. The fourth-order valence-corrected chi connectivity index (χ4v) is 1.83. The molecule has 0 aliphatic carbocycles. The molecular formula is C14H23N3O3. The number of hydrogen-bond donors (Lipinski definition) is 1. The van der Waals surface area contributed by atoms with Crippen molar-refractivity contribution in [3.8, 4) is 0 Å². The number of aryl methyl sites for hydroxylation is 1. The Morgan fingerprint density at radius 2 is 2.20 bits per heavy atom. The molecule has 0 unspecified atom stereocenters. The molecule has 1 rings (SSSR count). The summed E-state index contributed by atoms with van der Waals surface area (Å²) in [6.45, 7) is 8.73. The second-order valence-corrected chi connectivity index (χ2v) is 4.75. The van der Waals surface area contributed by atoms with Crippen LogP contribution in [0.1, 0.15) is 43.2 Å². The van der Waals surface area contributed by atoms with Crippen LogP contribution in [0.3, 0.4) is 0 Å². The predicted octanol–water partition coefficient (Wildman–Crippen LogP) is 1.56. The molecular weight excluding hydrogens is 258 g/mol. The fourth-order valence-electron chi connectivity index (χ4n) is 1.83. The van der Waals surface area contributed by atoms with Gasteiger partial charge in [0.1, 0.15) is 0 Å². The Labute approximate surface area is 119 Å². The Morgan fingerprint density at radius 3 is 2.70 bits per heavy atom. The zero-order valence-electron chi connectivity index (χ0n) is 12.6. The highest BCUT2D eigenvalue weighted by atomic mass is 16.5. The number of anilines is 1. The third-order valence-electron chi connectivity index (χ3n) is 2.90. The average Bonchev–Trinajstić information content (AvgIpc) is 2.39. The maximum Gasteiger partial charge on any atom is 0.341 e. The molecule has 0 aliphatic heterocycles. The molecule has 0 spiro atoms. The molecule has 6 nitrogen and oxygen atoms in total. The molecule has 0 saturated carbocycles. The van der Waals surface area contributed by atoms with Crippen LogP contribution in [0.25, 0.3) is 0 Å². The van der Waals surface area contributed by atoms with Crippen LogP contribution in [0.5, 0.6) is 0 Å². The number of hydrogen-bond acceptors (Lipinski definition) is 6. The number of rotatable bonds is 7. The molecule has 1 aromatic rings. The smallest absolute Gasteiger partial charge is 0.341 e. The standard InChI is InChI=1S/C14H23N3O3/c1-5-20-13(19)12-9-15-14(16-11(12)4)17(10(2)3)7-6-8-18/h9-10,18H,5-8H2,1-4H3. The van der Waals surface area contributed by atoms with E-state index in [0.29, 0.717) is 36.8 Å². The fraction of sp³-hybridized carbons (Fsp3) is 0.643. The van der Waals surface area contributed by atoms with Gasteiger partial charge in [0.15, 0.2) is 0 Å². The molecule has 6 heteroatoms. The Hall–Kier alpha value is -1.69. The first-order chi connectivity index (χ1) is 9.51.